The first-order chi connectivity index (χ1) is 13.5. The highest BCUT2D eigenvalue weighted by molar-refractivity contribution is 4.98. The molecule has 0 aromatic rings. The van der Waals surface area contributed by atoms with E-state index >= 15 is 0 Å². The minimum Gasteiger partial charge on any atom is -0.360 e. The summed E-state index contributed by atoms with van der Waals surface area (Å²) in [7, 11) is 0. The van der Waals surface area contributed by atoms with E-state index in [-0.39, 0.29) is 6.42 Å². The van der Waals surface area contributed by atoms with Gasteiger partial charge in [-0.15, -0.1) is 0 Å². The highest BCUT2D eigenvalue weighted by Crippen LogP contribution is 2.39. The summed E-state index contributed by atoms with van der Waals surface area (Å²) in [5.41, 5.74) is 11.1. The predicted octanol–water partition coefficient (Wildman–Crippen LogP) is 2.50. The fourth-order valence-electron chi connectivity index (χ4n) is 4.28. The summed E-state index contributed by atoms with van der Waals surface area (Å²) in [5.74, 6) is -3.53. The molecule has 0 radical (unpaired) electrons. The van der Waals surface area contributed by atoms with Crippen LogP contribution in [0.3, 0.4) is 0 Å². The summed E-state index contributed by atoms with van der Waals surface area (Å²) in [6, 6.07) is -1.83. The van der Waals surface area contributed by atoms with E-state index < -0.39 is 67.5 Å². The molecule has 0 spiro atoms. The summed E-state index contributed by atoms with van der Waals surface area (Å²) in [6.45, 7) is 1.67. The number of alkyl halides is 6. The number of halogens is 6. The van der Waals surface area contributed by atoms with Crippen molar-refractivity contribution in [1.29, 1.82) is 0 Å². The summed E-state index contributed by atoms with van der Waals surface area (Å²) < 4.78 is 92.3. The molecule has 12 heteroatoms. The molecule has 0 aliphatic carbocycles. The van der Waals surface area contributed by atoms with Gasteiger partial charge >= 0.3 is 12.4 Å². The van der Waals surface area contributed by atoms with Crippen LogP contribution in [0.4, 0.5) is 26.3 Å². The molecule has 170 valence electrons. The lowest BCUT2D eigenvalue weighted by atomic mass is 9.87. The third-order valence-corrected chi connectivity index (χ3v) is 5.91. The fourth-order valence-corrected chi connectivity index (χ4v) is 4.28. The van der Waals surface area contributed by atoms with Gasteiger partial charge < -0.3 is 15.2 Å². The van der Waals surface area contributed by atoms with E-state index in [1.165, 1.54) is 0 Å². The van der Waals surface area contributed by atoms with Gasteiger partial charge in [-0.2, -0.15) is 26.3 Å². The van der Waals surface area contributed by atoms with Crippen molar-refractivity contribution in [2.24, 2.45) is 17.6 Å². The normalized spacial score (nSPS) is 43.0. The van der Waals surface area contributed by atoms with Gasteiger partial charge in [0.05, 0.1) is 24.0 Å². The predicted molar refractivity (Wildman–Crippen MR) is 91.0 cm³/mol. The van der Waals surface area contributed by atoms with Crippen LogP contribution in [0.2, 0.25) is 0 Å². The lowest BCUT2D eigenvalue weighted by Gasteiger charge is -2.44. The van der Waals surface area contributed by atoms with Crippen molar-refractivity contribution in [3.05, 3.63) is 0 Å². The molecule has 0 aromatic heterocycles. The molecule has 3 rings (SSSR count). The van der Waals surface area contributed by atoms with Crippen molar-refractivity contribution in [3.63, 3.8) is 0 Å². The second-order valence-electron chi connectivity index (χ2n) is 8.16. The van der Waals surface area contributed by atoms with Crippen molar-refractivity contribution in [1.82, 2.24) is 16.2 Å². The Kier molecular flexibility index (Phi) is 7.01. The summed E-state index contributed by atoms with van der Waals surface area (Å²) in [5, 5.41) is 2.75. The minimum atomic E-state index is -4.52. The van der Waals surface area contributed by atoms with Crippen LogP contribution in [0.5, 0.6) is 0 Å². The highest BCUT2D eigenvalue weighted by Gasteiger charge is 2.54. The van der Waals surface area contributed by atoms with Gasteiger partial charge in [0.1, 0.15) is 18.7 Å². The first-order valence-electron chi connectivity index (χ1n) is 9.94. The van der Waals surface area contributed by atoms with Crippen LogP contribution in [0.15, 0.2) is 0 Å². The number of hydrogen-bond donors (Lipinski definition) is 4. The molecular formula is C17H28F6N4O2. The van der Waals surface area contributed by atoms with Crippen molar-refractivity contribution < 1.29 is 35.8 Å². The van der Waals surface area contributed by atoms with E-state index in [4.69, 9.17) is 15.2 Å². The zero-order valence-electron chi connectivity index (χ0n) is 16.0. The molecule has 3 saturated heterocycles. The molecule has 0 amide bonds. The highest BCUT2D eigenvalue weighted by atomic mass is 19.4. The summed E-state index contributed by atoms with van der Waals surface area (Å²) in [6.07, 6.45) is -11.8. The van der Waals surface area contributed by atoms with Crippen LogP contribution in [0.25, 0.3) is 0 Å². The van der Waals surface area contributed by atoms with E-state index in [1.54, 1.807) is 6.92 Å². The van der Waals surface area contributed by atoms with Gasteiger partial charge in [-0.3, -0.25) is 5.32 Å². The van der Waals surface area contributed by atoms with Gasteiger partial charge in [0.25, 0.3) is 0 Å². The third-order valence-electron chi connectivity index (χ3n) is 5.91. The topological polar surface area (TPSA) is 80.6 Å². The van der Waals surface area contributed by atoms with E-state index in [0.29, 0.717) is 25.7 Å². The molecule has 6 unspecified atom stereocenters. The van der Waals surface area contributed by atoms with E-state index in [2.05, 4.69) is 16.2 Å². The molecular weight excluding hydrogens is 406 g/mol. The van der Waals surface area contributed by atoms with E-state index in [1.807, 2.05) is 0 Å². The first-order valence-corrected chi connectivity index (χ1v) is 9.94. The Morgan fingerprint density at radius 2 is 1.41 bits per heavy atom. The van der Waals surface area contributed by atoms with Crippen LogP contribution in [0.1, 0.15) is 45.4 Å². The average molecular weight is 434 g/mol. The molecule has 3 fully saturated rings. The number of hydrazine groups is 1. The quantitative estimate of drug-likeness (QED) is 0.439. The first kappa shape index (κ1) is 23.0. The molecule has 8 atom stereocenters. The van der Waals surface area contributed by atoms with E-state index in [9.17, 15) is 26.3 Å². The van der Waals surface area contributed by atoms with Crippen LogP contribution in [-0.2, 0) is 9.47 Å². The monoisotopic (exact) mass is 434 g/mol. The van der Waals surface area contributed by atoms with Gasteiger partial charge in [-0.25, -0.2) is 10.9 Å². The molecule has 5 N–H and O–H groups in total. The molecule has 0 aromatic carbocycles. The van der Waals surface area contributed by atoms with Crippen LogP contribution >= 0.6 is 0 Å². The lowest BCUT2D eigenvalue weighted by molar-refractivity contribution is -0.238. The second-order valence-corrected chi connectivity index (χ2v) is 8.16. The fraction of sp³-hybridized carbons (Fsp3) is 1.00. The third kappa shape index (κ3) is 5.53. The Hall–Kier alpha value is -0.660. The minimum absolute atomic E-state index is 0.103. The Bertz CT molecular complexity index is 549. The largest absolute Gasteiger partial charge is 0.395 e. The molecule has 3 aliphatic rings. The van der Waals surface area contributed by atoms with Gasteiger partial charge in [0, 0.05) is 6.04 Å². The maximum Gasteiger partial charge on any atom is 0.395 e. The Morgan fingerprint density at radius 1 is 0.793 bits per heavy atom. The second kappa shape index (κ2) is 8.83. The summed E-state index contributed by atoms with van der Waals surface area (Å²) >= 11 is 0. The van der Waals surface area contributed by atoms with Gasteiger partial charge in [0.2, 0.25) is 0 Å². The maximum atomic E-state index is 13.5. The molecule has 3 aliphatic heterocycles. The Morgan fingerprint density at radius 3 is 2.07 bits per heavy atom. The number of nitrogens with two attached hydrogens (primary N) is 1. The average Bonchev–Trinajstić information content (AvgIpc) is 3.05. The number of rotatable bonds is 0. The van der Waals surface area contributed by atoms with Gasteiger partial charge in [-0.05, 0) is 26.2 Å². The van der Waals surface area contributed by atoms with E-state index in [0.717, 1.165) is 0 Å². The smallest absolute Gasteiger partial charge is 0.360 e. The summed E-state index contributed by atoms with van der Waals surface area (Å²) in [4.78, 5) is 0. The number of fused-ring (bicyclic) bond motifs is 5. The van der Waals surface area contributed by atoms with Crippen molar-refractivity contribution in [2.45, 2.75) is 94.7 Å². The SMILES string of the molecule is C[C@@H]1CCCCC[C@@H](C(F)(F)F)C2NNC(O2)C2NC(O1)C(C(F)(F)F)CC2N. The molecule has 29 heavy (non-hydrogen) atoms. The standard InChI is InChI=1S/C17H28F6N4O2/c1-8-5-3-2-4-6-9(16(18,19)20)14-26-27-15(29-14)12-11(24)7-10(17(21,22)23)13(25-12)28-8/h8-15,25-27H,2-7,24H2,1H3/t8-,9-,10?,11?,12?,13?,14?,15?/m1/s1. The number of piperidine rings is 1. The lowest BCUT2D eigenvalue weighted by Crippen LogP contribution is -2.67. The van der Waals surface area contributed by atoms with Crippen LogP contribution in [-0.4, -0.2) is 49.2 Å². The van der Waals surface area contributed by atoms with Gasteiger partial charge in [-0.1, -0.05) is 19.3 Å². The Labute approximate surface area is 165 Å². The number of ether oxygens (including phenoxy) is 2. The molecule has 6 nitrogen and oxygen atoms in total. The van der Waals surface area contributed by atoms with Crippen molar-refractivity contribution in [3.8, 4) is 0 Å². The van der Waals surface area contributed by atoms with Gasteiger partial charge in [0.15, 0.2) is 0 Å². The molecule has 4 bridgehead atoms. The molecule has 0 saturated carbocycles. The maximum absolute atomic E-state index is 13.5. The van der Waals surface area contributed by atoms with Crippen LogP contribution in [0, 0.1) is 11.8 Å². The zero-order valence-corrected chi connectivity index (χ0v) is 16.0. The molecule has 3 heterocycles. The number of hydrogen-bond acceptors (Lipinski definition) is 6. The Balaban J connectivity index is 1.82. The van der Waals surface area contributed by atoms with Crippen LogP contribution < -0.4 is 21.9 Å². The number of nitrogens with one attached hydrogen (secondary N) is 3. The zero-order chi connectivity index (χ0) is 21.4. The van der Waals surface area contributed by atoms with Crippen molar-refractivity contribution >= 4 is 0 Å². The van der Waals surface area contributed by atoms with Crippen molar-refractivity contribution in [2.75, 3.05) is 0 Å².